The van der Waals surface area contributed by atoms with E-state index >= 15 is 9.59 Å². The van der Waals surface area contributed by atoms with Gasteiger partial charge in [-0.15, -0.1) is 0 Å². The number of amides is 9. The standard InChI is InChI=1S/C94H112N14O11/c1-10-63(7)84(65(9)110)105-90(117)81(55-74-58-107(60-97-74)94(70-42-28-17-29-43-70,71-44-30-18-31-45-71)72-46-32-19-33-47-72)102-85(112)75(11-2)99-86(113)77(50-61(4)5)101-87(114)78(52-64(8)109)104-91(118)82-51-62(6)56-108(82)92(119)76(12-3)100-89(116)80(103-88(115)79(98-83(111)48-49-95)53-66-34-20-13-21-35-66)54-73-57-106(59-96-73)93(67-36-22-14-23-37-67,68-38-24-15-25-39-68)69-40-26-16-27-41-69/h13-47,57-63,75-82,84H,10-12,48-56,95H2,1-9H3,(H,98,111)(H,99,113)(H,100,116)(H,101,114)(H,102,112)(H,103,115)(H,104,118)(H,105,117)/t62?,63?,75-,76-,77-,78-,79-,80-,81-,82-,84-/m0/s1. The SMILES string of the molecule is CCC(C)[C@H](NC(=O)[C@H](Cc1cn(C(c2ccccc2)(c2ccccc2)c2ccccc2)cn1)NC(=O)[C@H](CC)NC(=O)[C@H](CC(C)C)NC(=O)[C@H](CC(C)=O)NC(=O)[C@@H]1CC(C)CN1C(=O)[C@H](CC)NC(=O)[C@H](Cc1cn(C(c2ccccc2)(c2ccccc2)c2ccccc2)cn1)NC(=O)[C@H](Cc1ccccc1)NC(=O)CCN)C(C)=O. The molecule has 2 unspecified atom stereocenters. The lowest BCUT2D eigenvalue weighted by molar-refractivity contribution is -0.143. The van der Waals surface area contributed by atoms with E-state index in [1.54, 1.807) is 38.6 Å². The first-order chi connectivity index (χ1) is 57.3. The van der Waals surface area contributed by atoms with Crippen LogP contribution >= 0.6 is 0 Å². The number of rotatable bonds is 41. The predicted molar refractivity (Wildman–Crippen MR) is 455 cm³/mol. The third kappa shape index (κ3) is 22.0. The normalized spacial score (nSPS) is 15.7. The second-order valence-electron chi connectivity index (χ2n) is 31.5. The number of aromatic nitrogens is 4. The second-order valence-corrected chi connectivity index (χ2v) is 31.5. The first kappa shape index (κ1) is 88.8. The van der Waals surface area contributed by atoms with E-state index in [0.29, 0.717) is 17.8 Å². The van der Waals surface area contributed by atoms with Crippen LogP contribution in [0.25, 0.3) is 0 Å². The van der Waals surface area contributed by atoms with Crippen molar-refractivity contribution >= 4 is 64.7 Å². The van der Waals surface area contributed by atoms with E-state index in [1.165, 1.54) is 18.7 Å². The number of nitrogens with zero attached hydrogens (tertiary/aromatic N) is 5. The largest absolute Gasteiger partial charge is 0.344 e. The molecular weight excluding hydrogens is 1500 g/mol. The molecule has 0 saturated carbocycles. The summed E-state index contributed by atoms with van der Waals surface area (Å²) >= 11 is 0. The zero-order valence-corrected chi connectivity index (χ0v) is 69.2. The molecule has 1 aliphatic heterocycles. The number of imidazole rings is 2. The summed E-state index contributed by atoms with van der Waals surface area (Å²) in [6.45, 7) is 15.3. The molecule has 9 amide bonds. The lowest BCUT2D eigenvalue weighted by Crippen LogP contribution is -2.60. The molecule has 0 radical (unpaired) electrons. The van der Waals surface area contributed by atoms with E-state index in [1.807, 2.05) is 256 Å². The van der Waals surface area contributed by atoms with Crippen molar-refractivity contribution in [2.45, 2.75) is 192 Å². The Morgan fingerprint density at radius 2 is 0.798 bits per heavy atom. The number of carbonyl (C=O) groups is 11. The Bertz CT molecular complexity index is 4700. The predicted octanol–water partition coefficient (Wildman–Crippen LogP) is 8.73. The van der Waals surface area contributed by atoms with Gasteiger partial charge in [-0.3, -0.25) is 52.7 Å². The Morgan fingerprint density at radius 3 is 1.18 bits per heavy atom. The third-order valence-corrected chi connectivity index (χ3v) is 22.2. The summed E-state index contributed by atoms with van der Waals surface area (Å²) < 4.78 is 3.95. The number of benzene rings is 7. The van der Waals surface area contributed by atoms with Crippen molar-refractivity contribution < 1.29 is 52.7 Å². The smallest absolute Gasteiger partial charge is 0.245 e. The highest BCUT2D eigenvalue weighted by molar-refractivity contribution is 6.00. The summed E-state index contributed by atoms with van der Waals surface area (Å²) in [6, 6.07) is 57.0. The highest BCUT2D eigenvalue weighted by Crippen LogP contribution is 2.43. The highest BCUT2D eigenvalue weighted by Gasteiger charge is 2.45. The molecule has 0 bridgehead atoms. The Labute approximate surface area is 696 Å². The van der Waals surface area contributed by atoms with Crippen LogP contribution in [0.15, 0.2) is 237 Å². The van der Waals surface area contributed by atoms with E-state index in [4.69, 9.17) is 15.7 Å². The van der Waals surface area contributed by atoms with Crippen LogP contribution < -0.4 is 48.3 Å². The maximum Gasteiger partial charge on any atom is 0.245 e. The van der Waals surface area contributed by atoms with Gasteiger partial charge in [-0.05, 0) is 96.2 Å². The van der Waals surface area contributed by atoms with Gasteiger partial charge in [0.1, 0.15) is 65.2 Å². The van der Waals surface area contributed by atoms with Crippen molar-refractivity contribution in [1.82, 2.24) is 66.5 Å². The molecule has 11 atom stereocenters. The first-order valence-electron chi connectivity index (χ1n) is 41.2. The highest BCUT2D eigenvalue weighted by atomic mass is 16.2. The number of carbonyl (C=O) groups excluding carboxylic acids is 11. The van der Waals surface area contributed by atoms with Gasteiger partial charge in [-0.25, -0.2) is 9.97 Å². The van der Waals surface area contributed by atoms with Crippen molar-refractivity contribution in [2.75, 3.05) is 13.1 Å². The summed E-state index contributed by atoms with van der Waals surface area (Å²) in [6.07, 6.45) is 6.83. The topological polar surface area (TPSA) is 349 Å². The molecule has 1 saturated heterocycles. The summed E-state index contributed by atoms with van der Waals surface area (Å²) in [5.41, 5.74) is 10.8. The van der Waals surface area contributed by atoms with Gasteiger partial charge in [0, 0.05) is 57.6 Å². The van der Waals surface area contributed by atoms with Crippen molar-refractivity contribution in [2.24, 2.45) is 23.5 Å². The minimum atomic E-state index is -1.57. The molecule has 7 aromatic carbocycles. The Kier molecular flexibility index (Phi) is 31.4. The number of hydrogen-bond acceptors (Lipinski definition) is 14. The monoisotopic (exact) mass is 1610 g/mol. The molecule has 2 aromatic heterocycles. The number of ketones is 2. The van der Waals surface area contributed by atoms with Gasteiger partial charge >= 0.3 is 0 Å². The van der Waals surface area contributed by atoms with E-state index < -0.39 is 131 Å². The van der Waals surface area contributed by atoms with Gasteiger partial charge in [0.25, 0.3) is 0 Å². The number of likely N-dealkylation sites (tertiary alicyclic amines) is 1. The van der Waals surface area contributed by atoms with Gasteiger partial charge in [-0.1, -0.05) is 267 Å². The van der Waals surface area contributed by atoms with Crippen LogP contribution in [0.5, 0.6) is 0 Å². The molecule has 1 aliphatic rings. The summed E-state index contributed by atoms with van der Waals surface area (Å²) in [7, 11) is 0. The molecule has 119 heavy (non-hydrogen) atoms. The molecule has 9 aromatic rings. The second kappa shape index (κ2) is 42.1. The quantitative estimate of drug-likeness (QED) is 0.0162. The maximum atomic E-state index is 15.3. The first-order valence-corrected chi connectivity index (χ1v) is 41.2. The van der Waals surface area contributed by atoms with Crippen molar-refractivity contribution in [1.29, 1.82) is 0 Å². The fourth-order valence-corrected chi connectivity index (χ4v) is 16.0. The molecule has 1 fully saturated rings. The van der Waals surface area contributed by atoms with Crippen molar-refractivity contribution in [3.05, 3.63) is 288 Å². The van der Waals surface area contributed by atoms with Crippen LogP contribution in [-0.2, 0) is 83.1 Å². The number of Topliss-reactive ketones (excluding diaryl/α,β-unsaturated/α-hetero) is 2. The van der Waals surface area contributed by atoms with Gasteiger partial charge in [0.05, 0.1) is 30.1 Å². The molecule has 3 heterocycles. The zero-order chi connectivity index (χ0) is 85.3. The molecule has 624 valence electrons. The zero-order valence-electron chi connectivity index (χ0n) is 69.2. The number of nitrogens with two attached hydrogens (primary N) is 1. The molecule has 25 nitrogen and oxygen atoms in total. The molecule has 10 rings (SSSR count). The van der Waals surface area contributed by atoms with Crippen LogP contribution in [0.3, 0.4) is 0 Å². The fourth-order valence-electron chi connectivity index (χ4n) is 16.0. The summed E-state index contributed by atoms with van der Waals surface area (Å²) in [5, 5.41) is 22.7. The van der Waals surface area contributed by atoms with Crippen LogP contribution in [0, 0.1) is 17.8 Å². The minimum absolute atomic E-state index is 0.0110. The van der Waals surface area contributed by atoms with Gasteiger partial charge in [-0.2, -0.15) is 0 Å². The average molecular weight is 1610 g/mol. The lowest BCUT2D eigenvalue weighted by Gasteiger charge is -2.37. The molecule has 10 N–H and O–H groups in total. The van der Waals surface area contributed by atoms with Gasteiger partial charge in [0.2, 0.25) is 53.2 Å². The Balaban J connectivity index is 0.874. The van der Waals surface area contributed by atoms with Crippen molar-refractivity contribution in [3.8, 4) is 0 Å². The fraction of sp³-hybridized carbons (Fsp3) is 0.372. The molecular formula is C94H112N14O11. The number of hydrogen-bond donors (Lipinski definition) is 9. The summed E-state index contributed by atoms with van der Waals surface area (Å²) in [5.74, 6) is -8.07. The third-order valence-electron chi connectivity index (χ3n) is 22.2. The Hall–Kier alpha value is -12.5. The van der Waals surface area contributed by atoms with Crippen LogP contribution in [0.4, 0.5) is 0 Å². The van der Waals surface area contributed by atoms with E-state index in [9.17, 15) is 43.2 Å². The van der Waals surface area contributed by atoms with Crippen LogP contribution in [-0.4, -0.2) is 156 Å². The molecule has 0 aliphatic carbocycles. The maximum absolute atomic E-state index is 15.3. The summed E-state index contributed by atoms with van der Waals surface area (Å²) in [4.78, 5) is 170. The van der Waals surface area contributed by atoms with E-state index in [0.717, 1.165) is 38.9 Å². The average Bonchev–Trinajstić information content (AvgIpc) is 1.73. The van der Waals surface area contributed by atoms with E-state index in [2.05, 4.69) is 42.5 Å². The van der Waals surface area contributed by atoms with Crippen molar-refractivity contribution in [3.63, 3.8) is 0 Å². The van der Waals surface area contributed by atoms with E-state index in [-0.39, 0.29) is 88.0 Å². The lowest BCUT2D eigenvalue weighted by atomic mass is 9.77. The van der Waals surface area contributed by atoms with Gasteiger partial charge in [0.15, 0.2) is 5.78 Å². The molecule has 0 spiro atoms. The Morgan fingerprint density at radius 1 is 0.437 bits per heavy atom. The van der Waals surface area contributed by atoms with Crippen LogP contribution in [0.1, 0.15) is 158 Å². The van der Waals surface area contributed by atoms with Gasteiger partial charge < -0.3 is 62.3 Å². The minimum Gasteiger partial charge on any atom is -0.344 e. The molecule has 25 heteroatoms. The van der Waals surface area contributed by atoms with Crippen LogP contribution in [0.2, 0.25) is 0 Å². The number of nitrogens with one attached hydrogen (secondary N) is 8.